The summed E-state index contributed by atoms with van der Waals surface area (Å²) in [6, 6.07) is 6.20. The summed E-state index contributed by atoms with van der Waals surface area (Å²) in [5.41, 5.74) is 0. The van der Waals surface area contributed by atoms with E-state index in [1.807, 2.05) is 5.32 Å². The van der Waals surface area contributed by atoms with E-state index in [-0.39, 0.29) is 13.2 Å². The number of carbonyl (C=O) groups is 3. The summed E-state index contributed by atoms with van der Waals surface area (Å²) in [4.78, 5) is 34.5. The van der Waals surface area contributed by atoms with Crippen molar-refractivity contribution in [2.45, 2.75) is 6.10 Å². The van der Waals surface area contributed by atoms with Gasteiger partial charge in [0.05, 0.1) is 0 Å². The van der Waals surface area contributed by atoms with E-state index >= 15 is 0 Å². The lowest BCUT2D eigenvalue weighted by Crippen LogP contribution is -2.43. The lowest BCUT2D eigenvalue weighted by molar-refractivity contribution is -0.157. The minimum atomic E-state index is -0.965. The molecule has 0 fully saturated rings. The highest BCUT2D eigenvalue weighted by Crippen LogP contribution is 2.30. The number of ether oxygens (including phenoxy) is 3. The Bertz CT molecular complexity index is 616. The minimum absolute atomic E-state index is 0.0166. The maximum atomic E-state index is 11.8. The molecule has 0 radical (unpaired) electrons. The highest BCUT2D eigenvalue weighted by atomic mass is 16.6. The first-order valence-corrected chi connectivity index (χ1v) is 6.84. The van der Waals surface area contributed by atoms with Crippen LogP contribution in [0.25, 0.3) is 0 Å². The standard InChI is InChI=1S/C15H16N2O6/c1-2-7-16-15(20)17-13(18)9-22-14(19)12-8-21-10-5-3-4-6-11(10)23-12/h2-6,12H,1,7-9H2,(H2,16,17,18,20)/t12-/m1/s1. The van der Waals surface area contributed by atoms with Gasteiger partial charge in [0.1, 0.15) is 6.61 Å². The van der Waals surface area contributed by atoms with Crippen LogP contribution in [0.2, 0.25) is 0 Å². The van der Waals surface area contributed by atoms with Crippen LogP contribution in [0, 0.1) is 0 Å². The molecule has 8 heteroatoms. The molecule has 0 spiro atoms. The molecule has 1 aromatic carbocycles. The zero-order valence-electron chi connectivity index (χ0n) is 12.2. The molecule has 0 aliphatic carbocycles. The zero-order valence-corrected chi connectivity index (χ0v) is 12.2. The largest absolute Gasteiger partial charge is 0.485 e. The Hall–Kier alpha value is -3.03. The average molecular weight is 320 g/mol. The second-order valence-electron chi connectivity index (χ2n) is 4.52. The maximum Gasteiger partial charge on any atom is 0.351 e. The van der Waals surface area contributed by atoms with Crippen LogP contribution in [-0.2, 0) is 14.3 Å². The molecule has 1 atom stereocenters. The van der Waals surface area contributed by atoms with Gasteiger partial charge < -0.3 is 19.5 Å². The molecule has 2 rings (SSSR count). The smallest absolute Gasteiger partial charge is 0.351 e. The van der Waals surface area contributed by atoms with Gasteiger partial charge in [-0.2, -0.15) is 0 Å². The molecular weight excluding hydrogens is 304 g/mol. The van der Waals surface area contributed by atoms with E-state index in [0.29, 0.717) is 11.5 Å². The van der Waals surface area contributed by atoms with Gasteiger partial charge in [-0.05, 0) is 12.1 Å². The van der Waals surface area contributed by atoms with Crippen molar-refractivity contribution >= 4 is 17.9 Å². The summed E-state index contributed by atoms with van der Waals surface area (Å²) in [6.07, 6.45) is 0.495. The monoisotopic (exact) mass is 320 g/mol. The third kappa shape index (κ3) is 4.73. The van der Waals surface area contributed by atoms with Crippen LogP contribution in [0.5, 0.6) is 11.5 Å². The molecule has 0 bridgehead atoms. The number of benzene rings is 1. The Kier molecular flexibility index (Phi) is 5.56. The number of carbonyl (C=O) groups excluding carboxylic acids is 3. The molecule has 1 aliphatic heterocycles. The molecule has 0 saturated heterocycles. The van der Waals surface area contributed by atoms with Gasteiger partial charge in [-0.3, -0.25) is 10.1 Å². The molecule has 0 saturated carbocycles. The van der Waals surface area contributed by atoms with Gasteiger partial charge in [0.15, 0.2) is 18.1 Å². The second kappa shape index (κ2) is 7.83. The molecule has 122 valence electrons. The summed E-state index contributed by atoms with van der Waals surface area (Å²) in [7, 11) is 0. The normalized spacial score (nSPS) is 15.2. The van der Waals surface area contributed by atoms with Crippen molar-refractivity contribution in [2.75, 3.05) is 19.8 Å². The van der Waals surface area contributed by atoms with Gasteiger partial charge >= 0.3 is 12.0 Å². The quantitative estimate of drug-likeness (QED) is 0.600. The van der Waals surface area contributed by atoms with Crippen LogP contribution >= 0.6 is 0 Å². The van der Waals surface area contributed by atoms with Crippen LogP contribution in [0.1, 0.15) is 0 Å². The molecule has 2 N–H and O–H groups in total. The Morgan fingerprint density at radius 3 is 2.78 bits per heavy atom. The molecule has 1 aliphatic rings. The highest BCUT2D eigenvalue weighted by molar-refractivity contribution is 5.95. The number of esters is 1. The molecule has 3 amide bonds. The summed E-state index contributed by atoms with van der Waals surface area (Å²) < 4.78 is 15.6. The van der Waals surface area contributed by atoms with Gasteiger partial charge in [-0.25, -0.2) is 9.59 Å². The molecule has 0 unspecified atom stereocenters. The van der Waals surface area contributed by atoms with Gasteiger partial charge in [0.25, 0.3) is 5.91 Å². The summed E-state index contributed by atoms with van der Waals surface area (Å²) in [5, 5.41) is 4.35. The van der Waals surface area contributed by atoms with Crippen LogP contribution < -0.4 is 20.1 Å². The van der Waals surface area contributed by atoms with Crippen molar-refractivity contribution in [2.24, 2.45) is 0 Å². The third-order valence-electron chi connectivity index (χ3n) is 2.78. The molecule has 8 nitrogen and oxygen atoms in total. The Labute approximate surface area is 132 Å². The van der Waals surface area contributed by atoms with E-state index in [2.05, 4.69) is 11.9 Å². The van der Waals surface area contributed by atoms with Crippen molar-refractivity contribution < 1.29 is 28.6 Å². The predicted octanol–water partition coefficient (Wildman–Crippen LogP) is 0.381. The second-order valence-corrected chi connectivity index (χ2v) is 4.52. The van der Waals surface area contributed by atoms with Crippen LogP contribution in [0.4, 0.5) is 4.79 Å². The van der Waals surface area contributed by atoms with E-state index in [4.69, 9.17) is 14.2 Å². The molecule has 0 aromatic heterocycles. The number of fused-ring (bicyclic) bond motifs is 1. The first-order chi connectivity index (χ1) is 11.1. The fourth-order valence-electron chi connectivity index (χ4n) is 1.74. The van der Waals surface area contributed by atoms with Crippen molar-refractivity contribution in [3.05, 3.63) is 36.9 Å². The third-order valence-corrected chi connectivity index (χ3v) is 2.78. The van der Waals surface area contributed by atoms with E-state index in [1.54, 1.807) is 24.3 Å². The number of urea groups is 1. The molecular formula is C15H16N2O6. The van der Waals surface area contributed by atoms with Crippen molar-refractivity contribution in [3.8, 4) is 11.5 Å². The van der Waals surface area contributed by atoms with Gasteiger partial charge in [0.2, 0.25) is 6.10 Å². The fourth-order valence-corrected chi connectivity index (χ4v) is 1.74. The fraction of sp³-hybridized carbons (Fsp3) is 0.267. The zero-order chi connectivity index (χ0) is 16.7. The lowest BCUT2D eigenvalue weighted by atomic mass is 10.2. The minimum Gasteiger partial charge on any atom is -0.485 e. The van der Waals surface area contributed by atoms with Crippen molar-refractivity contribution in [1.82, 2.24) is 10.6 Å². The summed E-state index contributed by atoms with van der Waals surface area (Å²) in [5.74, 6) is -0.541. The Morgan fingerprint density at radius 1 is 1.30 bits per heavy atom. The number of rotatable bonds is 5. The first kappa shape index (κ1) is 16.3. The Balaban J connectivity index is 1.76. The van der Waals surface area contributed by atoms with Crippen molar-refractivity contribution in [3.63, 3.8) is 0 Å². The van der Waals surface area contributed by atoms with Crippen LogP contribution in [0.3, 0.4) is 0 Å². The average Bonchev–Trinajstić information content (AvgIpc) is 2.57. The van der Waals surface area contributed by atoms with Crippen LogP contribution in [0.15, 0.2) is 36.9 Å². The van der Waals surface area contributed by atoms with Gasteiger partial charge in [-0.1, -0.05) is 18.2 Å². The Morgan fingerprint density at radius 2 is 2.04 bits per heavy atom. The number of imide groups is 1. The molecule has 1 heterocycles. The predicted molar refractivity (Wildman–Crippen MR) is 79.1 cm³/mol. The van der Waals surface area contributed by atoms with Crippen LogP contribution in [-0.4, -0.2) is 43.8 Å². The topological polar surface area (TPSA) is 103 Å². The SMILES string of the molecule is C=CCNC(=O)NC(=O)COC(=O)[C@H]1COc2ccccc2O1. The number of nitrogens with one attached hydrogen (secondary N) is 2. The van der Waals surface area contributed by atoms with Gasteiger partial charge in [-0.15, -0.1) is 6.58 Å². The first-order valence-electron chi connectivity index (χ1n) is 6.84. The highest BCUT2D eigenvalue weighted by Gasteiger charge is 2.29. The van der Waals surface area contributed by atoms with E-state index in [0.717, 1.165) is 0 Å². The molecule has 1 aromatic rings. The lowest BCUT2D eigenvalue weighted by Gasteiger charge is -2.24. The van der Waals surface area contributed by atoms with Gasteiger partial charge in [0, 0.05) is 6.54 Å². The van der Waals surface area contributed by atoms with E-state index in [9.17, 15) is 14.4 Å². The van der Waals surface area contributed by atoms with E-state index in [1.165, 1.54) is 6.08 Å². The van der Waals surface area contributed by atoms with E-state index < -0.39 is 30.6 Å². The molecule has 23 heavy (non-hydrogen) atoms. The number of amides is 3. The maximum absolute atomic E-state index is 11.8. The number of para-hydroxylation sites is 2. The van der Waals surface area contributed by atoms with Crippen molar-refractivity contribution in [1.29, 1.82) is 0 Å². The summed E-state index contributed by atoms with van der Waals surface area (Å²) >= 11 is 0. The number of hydrogen-bond donors (Lipinski definition) is 2. The summed E-state index contributed by atoms with van der Waals surface area (Å²) in [6.45, 7) is 3.02. The number of hydrogen-bond acceptors (Lipinski definition) is 6.